The van der Waals surface area contributed by atoms with Gasteiger partial charge in [0.15, 0.2) is 0 Å². The molecule has 7 heteroatoms. The molecule has 0 radical (unpaired) electrons. The zero-order chi connectivity index (χ0) is 22.1. The van der Waals surface area contributed by atoms with E-state index in [1.165, 1.54) is 5.69 Å². The van der Waals surface area contributed by atoms with Crippen molar-refractivity contribution in [1.82, 2.24) is 4.98 Å². The number of aromatic nitrogens is 1. The van der Waals surface area contributed by atoms with Gasteiger partial charge in [-0.05, 0) is 37.1 Å². The Morgan fingerprint density at radius 2 is 1.78 bits per heavy atom. The molecule has 0 aliphatic carbocycles. The zero-order valence-corrected chi connectivity index (χ0v) is 20.8. The van der Waals surface area contributed by atoms with Crippen LogP contribution in [0.5, 0.6) is 5.75 Å². The third kappa shape index (κ3) is 5.78. The number of piperidine rings is 1. The minimum atomic E-state index is 0. The molecule has 0 bridgehead atoms. The van der Waals surface area contributed by atoms with Crippen LogP contribution in [0.1, 0.15) is 18.4 Å². The number of methoxy groups -OCH3 is 1. The Kier molecular flexibility index (Phi) is 9.99. The third-order valence-electron chi connectivity index (χ3n) is 5.41. The molecule has 0 unspecified atom stereocenters. The normalized spacial score (nSPS) is 13.1. The van der Waals surface area contributed by atoms with Crippen molar-refractivity contribution in [3.63, 3.8) is 0 Å². The van der Waals surface area contributed by atoms with Crippen molar-refractivity contribution in [2.45, 2.75) is 18.9 Å². The average Bonchev–Trinajstić information content (AvgIpc) is 2.87. The van der Waals surface area contributed by atoms with Crippen LogP contribution in [-0.2, 0) is 22.1 Å². The fraction of sp³-hybridized carbons (Fsp3) is 0.240. The SMILES string of the molecule is COc1ccncc1N(c1cc[c-]cc1)C1CCN(c2ccc(C#N)cc2)CC1.[CH3-].[O]=[Os]. The van der Waals surface area contributed by atoms with Crippen LogP contribution < -0.4 is 14.5 Å². The van der Waals surface area contributed by atoms with Crippen LogP contribution in [0.25, 0.3) is 0 Å². The predicted octanol–water partition coefficient (Wildman–Crippen LogP) is 4.90. The van der Waals surface area contributed by atoms with Crippen LogP contribution in [-0.4, -0.2) is 31.2 Å². The Morgan fingerprint density at radius 3 is 2.38 bits per heavy atom. The van der Waals surface area contributed by atoms with Gasteiger partial charge in [-0.25, -0.2) is 0 Å². The van der Waals surface area contributed by atoms with E-state index in [2.05, 4.69) is 39.1 Å². The summed E-state index contributed by atoms with van der Waals surface area (Å²) < 4.78 is 13.9. The van der Waals surface area contributed by atoms with Crippen molar-refractivity contribution in [2.75, 3.05) is 30.0 Å². The molecule has 1 aromatic heterocycles. The van der Waals surface area contributed by atoms with Gasteiger partial charge in [0.1, 0.15) is 11.4 Å². The summed E-state index contributed by atoms with van der Waals surface area (Å²) in [4.78, 5) is 9.07. The first kappa shape index (κ1) is 25.2. The van der Waals surface area contributed by atoms with Gasteiger partial charge in [-0.3, -0.25) is 4.98 Å². The maximum absolute atomic E-state index is 9.01. The molecule has 0 amide bonds. The van der Waals surface area contributed by atoms with Gasteiger partial charge in [0.05, 0.1) is 24.9 Å². The van der Waals surface area contributed by atoms with E-state index in [9.17, 15) is 0 Å². The van der Waals surface area contributed by atoms with Gasteiger partial charge < -0.3 is 22.0 Å². The van der Waals surface area contributed by atoms with E-state index in [4.69, 9.17) is 13.5 Å². The molecule has 1 aliphatic rings. The number of hydrogen-bond donors (Lipinski definition) is 0. The molecule has 0 atom stereocenters. The second-order valence-electron chi connectivity index (χ2n) is 7.05. The van der Waals surface area contributed by atoms with E-state index in [1.54, 1.807) is 13.3 Å². The van der Waals surface area contributed by atoms with Gasteiger partial charge >= 0.3 is 22.1 Å². The molecule has 1 aliphatic heterocycles. The number of benzene rings is 2. The first-order valence-electron chi connectivity index (χ1n) is 9.93. The van der Waals surface area contributed by atoms with Crippen molar-refractivity contribution in [2.24, 2.45) is 0 Å². The van der Waals surface area contributed by atoms with E-state index in [-0.39, 0.29) is 7.43 Å². The zero-order valence-electron chi connectivity index (χ0n) is 18.2. The van der Waals surface area contributed by atoms with Crippen molar-refractivity contribution in [1.29, 1.82) is 5.26 Å². The Bertz CT molecular complexity index is 1000. The monoisotopic (exact) mass is 606 g/mol. The molecule has 1 saturated heterocycles. The number of nitrogens with zero attached hydrogens (tertiary/aromatic N) is 4. The van der Waals surface area contributed by atoms with E-state index in [0.29, 0.717) is 30.2 Å². The molecule has 32 heavy (non-hydrogen) atoms. The summed E-state index contributed by atoms with van der Waals surface area (Å²) in [6, 6.07) is 23.4. The number of anilines is 3. The first-order valence-corrected chi connectivity index (χ1v) is 11.0. The van der Waals surface area contributed by atoms with Gasteiger partial charge in [0.25, 0.3) is 0 Å². The molecule has 2 heterocycles. The Labute approximate surface area is 200 Å². The summed E-state index contributed by atoms with van der Waals surface area (Å²) in [6.45, 7) is 1.91. The Hall–Kier alpha value is -3.08. The molecule has 3 aromatic rings. The second kappa shape index (κ2) is 12.7. The van der Waals surface area contributed by atoms with Crippen molar-refractivity contribution < 1.29 is 26.8 Å². The van der Waals surface area contributed by atoms with Crippen molar-refractivity contribution >= 4 is 17.1 Å². The van der Waals surface area contributed by atoms with Gasteiger partial charge in [-0.1, -0.05) is 5.69 Å². The molecule has 2 aromatic carbocycles. The van der Waals surface area contributed by atoms with Crippen LogP contribution in [0.2, 0.25) is 0 Å². The standard InChI is InChI=1S/C24H23N4O.CH3.O.Os/c1-29-24-11-14-26-18-23(24)28(21-5-3-2-4-6-21)22-12-15-27(16-13-22)20-9-7-19(17-25)8-10-20;;;/h3-11,14,18,22H,12-13,15-16H2,1H3;1H3;;/q2*-1;;. The van der Waals surface area contributed by atoms with E-state index < -0.39 is 0 Å². The van der Waals surface area contributed by atoms with Gasteiger partial charge in [-0.15, -0.1) is 12.1 Å². The second-order valence-corrected chi connectivity index (χ2v) is 7.05. The number of ether oxygens (including phenoxy) is 1. The summed E-state index contributed by atoms with van der Waals surface area (Å²) in [6.07, 6.45) is 5.66. The summed E-state index contributed by atoms with van der Waals surface area (Å²) >= 11 is 0.611. The third-order valence-corrected chi connectivity index (χ3v) is 5.41. The van der Waals surface area contributed by atoms with E-state index >= 15 is 0 Å². The maximum atomic E-state index is 9.01. The van der Waals surface area contributed by atoms with Gasteiger partial charge in [-0.2, -0.15) is 23.5 Å². The Balaban J connectivity index is 0.00000118. The summed E-state index contributed by atoms with van der Waals surface area (Å²) in [5, 5.41) is 9.01. The van der Waals surface area contributed by atoms with Gasteiger partial charge in [0, 0.05) is 37.1 Å². The number of hydrogen-bond acceptors (Lipinski definition) is 6. The molecule has 0 spiro atoms. The molecule has 4 rings (SSSR count). The fourth-order valence-electron chi connectivity index (χ4n) is 3.94. The minimum absolute atomic E-state index is 0. The summed E-state index contributed by atoms with van der Waals surface area (Å²) in [5.41, 5.74) is 3.96. The van der Waals surface area contributed by atoms with Crippen LogP contribution in [0.3, 0.4) is 0 Å². The number of nitriles is 1. The van der Waals surface area contributed by atoms with Gasteiger partial charge in [0.2, 0.25) is 0 Å². The van der Waals surface area contributed by atoms with E-state index in [0.717, 1.165) is 43.1 Å². The number of rotatable bonds is 5. The molecule has 168 valence electrons. The molecule has 0 N–H and O–H groups in total. The van der Waals surface area contributed by atoms with Crippen molar-refractivity contribution in [3.8, 4) is 11.8 Å². The molecule has 0 saturated carbocycles. The average molecular weight is 605 g/mol. The van der Waals surface area contributed by atoms with Crippen LogP contribution in [0, 0.1) is 24.8 Å². The van der Waals surface area contributed by atoms with E-state index in [1.807, 2.05) is 48.7 Å². The summed E-state index contributed by atoms with van der Waals surface area (Å²) in [7, 11) is 1.70. The quantitative estimate of drug-likeness (QED) is 0.386. The molecule has 1 fully saturated rings. The Morgan fingerprint density at radius 1 is 1.12 bits per heavy atom. The molecular formula is C25H26N4O2Os-2. The summed E-state index contributed by atoms with van der Waals surface area (Å²) in [5.74, 6) is 0.822. The van der Waals surface area contributed by atoms with Crippen LogP contribution >= 0.6 is 0 Å². The topological polar surface area (TPSA) is 69.5 Å². The number of pyridine rings is 1. The van der Waals surface area contributed by atoms with Crippen LogP contribution in [0.4, 0.5) is 17.1 Å². The molecule has 6 nitrogen and oxygen atoms in total. The fourth-order valence-corrected chi connectivity index (χ4v) is 3.94. The predicted molar refractivity (Wildman–Crippen MR) is 122 cm³/mol. The first-order chi connectivity index (χ1) is 15.3. The van der Waals surface area contributed by atoms with Crippen LogP contribution in [0.15, 0.2) is 67.0 Å². The van der Waals surface area contributed by atoms with Crippen molar-refractivity contribution in [3.05, 3.63) is 86.0 Å². The molecular weight excluding hydrogens is 579 g/mol.